The minimum Gasteiger partial charge on any atom is -0.495 e. The number of H-pyrrole nitrogens is 1. The zero-order valence-electron chi connectivity index (χ0n) is 18.4. The van der Waals surface area contributed by atoms with Gasteiger partial charge in [0.2, 0.25) is 5.91 Å². The molecule has 3 N–H and O–H groups in total. The van der Waals surface area contributed by atoms with Crippen LogP contribution in [0.25, 0.3) is 0 Å². The second-order valence-electron chi connectivity index (χ2n) is 7.85. The highest BCUT2D eigenvalue weighted by Gasteiger charge is 2.40. The molecule has 1 aliphatic heterocycles. The lowest BCUT2D eigenvalue weighted by molar-refractivity contribution is -0.116. The maximum absolute atomic E-state index is 12.7. The third kappa shape index (κ3) is 4.45. The van der Waals surface area contributed by atoms with Crippen LogP contribution >= 0.6 is 12.2 Å². The lowest BCUT2D eigenvalue weighted by atomic mass is 9.96. The van der Waals surface area contributed by atoms with E-state index >= 15 is 0 Å². The molecular formula is C24H27N5O2S. The van der Waals surface area contributed by atoms with Gasteiger partial charge >= 0.3 is 0 Å². The van der Waals surface area contributed by atoms with E-state index in [1.165, 1.54) is 0 Å². The molecule has 2 aromatic heterocycles. The van der Waals surface area contributed by atoms with Gasteiger partial charge in [0.15, 0.2) is 5.11 Å². The van der Waals surface area contributed by atoms with Gasteiger partial charge in [-0.3, -0.25) is 9.78 Å². The first kappa shape index (κ1) is 21.8. The number of aromatic nitrogens is 2. The Labute approximate surface area is 193 Å². The number of anilines is 1. The predicted octanol–water partition coefficient (Wildman–Crippen LogP) is 4.04. The van der Waals surface area contributed by atoms with E-state index in [4.69, 9.17) is 17.0 Å². The van der Waals surface area contributed by atoms with Gasteiger partial charge in [0.05, 0.1) is 30.6 Å². The van der Waals surface area contributed by atoms with Crippen LogP contribution in [0.15, 0.2) is 54.7 Å². The first-order valence-electron chi connectivity index (χ1n) is 10.5. The molecule has 2 atom stereocenters. The molecule has 0 aliphatic carbocycles. The maximum Gasteiger partial charge on any atom is 0.226 e. The van der Waals surface area contributed by atoms with Gasteiger partial charge < -0.3 is 25.3 Å². The van der Waals surface area contributed by atoms with Gasteiger partial charge in [-0.1, -0.05) is 18.2 Å². The van der Waals surface area contributed by atoms with Crippen LogP contribution in [0.1, 0.15) is 41.1 Å². The van der Waals surface area contributed by atoms with E-state index in [0.29, 0.717) is 23.1 Å². The van der Waals surface area contributed by atoms with E-state index in [1.807, 2.05) is 49.4 Å². The molecule has 1 amide bonds. The number of para-hydroxylation sites is 2. The van der Waals surface area contributed by atoms with Crippen LogP contribution < -0.4 is 15.4 Å². The minimum atomic E-state index is -0.102. The first-order chi connectivity index (χ1) is 15.5. The van der Waals surface area contributed by atoms with Crippen molar-refractivity contribution in [1.29, 1.82) is 0 Å². The molecule has 0 spiro atoms. The normalized spacial score (nSPS) is 17.8. The number of aromatic amines is 1. The number of thiocarbonyl (C=S) groups is 1. The van der Waals surface area contributed by atoms with Gasteiger partial charge in [-0.15, -0.1) is 0 Å². The fraction of sp³-hybridized carbons (Fsp3) is 0.292. The van der Waals surface area contributed by atoms with Crippen molar-refractivity contribution in [3.63, 3.8) is 0 Å². The molecule has 166 valence electrons. The predicted molar refractivity (Wildman–Crippen MR) is 129 cm³/mol. The summed E-state index contributed by atoms with van der Waals surface area (Å²) < 4.78 is 5.33. The second-order valence-corrected chi connectivity index (χ2v) is 8.24. The maximum atomic E-state index is 12.7. The first-order valence-corrected chi connectivity index (χ1v) is 11.0. The summed E-state index contributed by atoms with van der Waals surface area (Å²) >= 11 is 5.69. The third-order valence-electron chi connectivity index (χ3n) is 5.67. The number of carbonyl (C=O) groups excluding carboxylic acids is 1. The van der Waals surface area contributed by atoms with E-state index in [-0.39, 0.29) is 24.4 Å². The fourth-order valence-electron chi connectivity index (χ4n) is 4.22. The van der Waals surface area contributed by atoms with Crippen LogP contribution in [0.5, 0.6) is 5.75 Å². The summed E-state index contributed by atoms with van der Waals surface area (Å²) in [5.74, 6) is 0.532. The molecular weight excluding hydrogens is 422 g/mol. The smallest absolute Gasteiger partial charge is 0.226 e. The zero-order chi connectivity index (χ0) is 22.7. The van der Waals surface area contributed by atoms with Crippen molar-refractivity contribution in [3.05, 3.63) is 77.4 Å². The van der Waals surface area contributed by atoms with Gasteiger partial charge in [0.1, 0.15) is 5.75 Å². The number of aryl methyl sites for hydroxylation is 2. The van der Waals surface area contributed by atoms with Crippen molar-refractivity contribution in [3.8, 4) is 5.75 Å². The lowest BCUT2D eigenvalue weighted by Crippen LogP contribution is -2.32. The van der Waals surface area contributed by atoms with E-state index in [2.05, 4.69) is 38.5 Å². The second kappa shape index (κ2) is 9.40. The molecule has 3 heterocycles. The average molecular weight is 450 g/mol. The number of methoxy groups -OCH3 is 1. The number of ether oxygens (including phenoxy) is 1. The summed E-state index contributed by atoms with van der Waals surface area (Å²) in [7, 11) is 1.59. The number of amides is 1. The van der Waals surface area contributed by atoms with Crippen molar-refractivity contribution in [1.82, 2.24) is 20.2 Å². The molecule has 1 saturated heterocycles. The monoisotopic (exact) mass is 449 g/mol. The van der Waals surface area contributed by atoms with Crippen molar-refractivity contribution in [2.24, 2.45) is 0 Å². The molecule has 1 aliphatic rings. The van der Waals surface area contributed by atoms with Crippen molar-refractivity contribution in [2.45, 2.75) is 32.4 Å². The number of carbonyl (C=O) groups is 1. The molecule has 0 saturated carbocycles. The summed E-state index contributed by atoms with van der Waals surface area (Å²) in [5.41, 5.74) is 4.89. The Bertz CT molecular complexity index is 1110. The molecule has 8 heteroatoms. The Morgan fingerprint density at radius 2 is 2.00 bits per heavy atom. The Kier molecular flexibility index (Phi) is 6.41. The molecule has 3 aromatic rings. The summed E-state index contributed by atoms with van der Waals surface area (Å²) in [6, 6.07) is 15.2. The van der Waals surface area contributed by atoms with Gasteiger partial charge in [-0.25, -0.2) is 0 Å². The van der Waals surface area contributed by atoms with E-state index in [0.717, 1.165) is 22.6 Å². The van der Waals surface area contributed by atoms with E-state index < -0.39 is 0 Å². The quantitative estimate of drug-likeness (QED) is 0.473. The van der Waals surface area contributed by atoms with Crippen LogP contribution in [0.4, 0.5) is 5.69 Å². The third-order valence-corrected chi connectivity index (χ3v) is 6.02. The molecule has 0 bridgehead atoms. The van der Waals surface area contributed by atoms with Crippen LogP contribution in [0, 0.1) is 13.8 Å². The molecule has 7 nitrogen and oxygen atoms in total. The number of nitrogens with one attached hydrogen (secondary N) is 3. The lowest BCUT2D eigenvalue weighted by Gasteiger charge is -2.27. The summed E-state index contributed by atoms with van der Waals surface area (Å²) in [6.45, 7) is 4.58. The number of hydrogen-bond acceptors (Lipinski definition) is 4. The van der Waals surface area contributed by atoms with Crippen LogP contribution in [-0.2, 0) is 4.79 Å². The highest BCUT2D eigenvalue weighted by molar-refractivity contribution is 7.80. The fourth-order valence-corrected chi connectivity index (χ4v) is 4.55. The Balaban J connectivity index is 1.55. The van der Waals surface area contributed by atoms with Crippen molar-refractivity contribution in [2.75, 3.05) is 19.0 Å². The summed E-state index contributed by atoms with van der Waals surface area (Å²) in [6.07, 6.45) is 2.07. The molecule has 0 radical (unpaired) electrons. The molecule has 4 rings (SSSR count). The Hall–Kier alpha value is -3.39. The van der Waals surface area contributed by atoms with Crippen LogP contribution in [0.3, 0.4) is 0 Å². The molecule has 1 fully saturated rings. The number of pyridine rings is 1. The van der Waals surface area contributed by atoms with Gasteiger partial charge in [0, 0.05) is 30.6 Å². The minimum absolute atomic E-state index is 0.0681. The molecule has 32 heavy (non-hydrogen) atoms. The summed E-state index contributed by atoms with van der Waals surface area (Å²) in [5, 5.41) is 6.99. The SMILES string of the molecule is COc1ccccc1NC(=O)CCN1C(=S)N[C@H](c2ccccn2)[C@H]1c1cc(C)[nH]c1C. The molecule has 0 unspecified atom stereocenters. The average Bonchev–Trinajstić information content (AvgIpc) is 3.30. The Morgan fingerprint density at radius 1 is 1.22 bits per heavy atom. The van der Waals surface area contributed by atoms with Crippen molar-refractivity contribution >= 4 is 28.9 Å². The van der Waals surface area contributed by atoms with Crippen molar-refractivity contribution < 1.29 is 9.53 Å². The summed E-state index contributed by atoms with van der Waals surface area (Å²) in [4.78, 5) is 22.8. The number of benzene rings is 1. The standard InChI is InChI=1S/C24H27N5O2S/c1-15-14-17(16(2)26-15)23-22(19-9-6-7-12-25-19)28-24(32)29(23)13-11-21(30)27-18-8-4-5-10-20(18)31-3/h4-10,12,14,22-23,26H,11,13H2,1-3H3,(H,27,30)(H,28,32)/t22-,23-/m1/s1. The highest BCUT2D eigenvalue weighted by atomic mass is 32.1. The van der Waals surface area contributed by atoms with Gasteiger partial charge in [-0.2, -0.15) is 0 Å². The highest BCUT2D eigenvalue weighted by Crippen LogP contribution is 2.40. The van der Waals surface area contributed by atoms with E-state index in [9.17, 15) is 4.79 Å². The number of nitrogens with zero attached hydrogens (tertiary/aromatic N) is 2. The molecule has 1 aromatic carbocycles. The van der Waals surface area contributed by atoms with Crippen LogP contribution in [0.2, 0.25) is 0 Å². The number of rotatable bonds is 7. The Morgan fingerprint density at radius 3 is 2.69 bits per heavy atom. The van der Waals surface area contributed by atoms with Gasteiger partial charge in [0.25, 0.3) is 0 Å². The number of hydrogen-bond donors (Lipinski definition) is 3. The van der Waals surface area contributed by atoms with E-state index in [1.54, 1.807) is 13.3 Å². The largest absolute Gasteiger partial charge is 0.495 e. The van der Waals surface area contributed by atoms with Crippen LogP contribution in [-0.4, -0.2) is 39.5 Å². The topological polar surface area (TPSA) is 82.3 Å². The van der Waals surface area contributed by atoms with Gasteiger partial charge in [-0.05, 0) is 62.0 Å². The zero-order valence-corrected chi connectivity index (χ0v) is 19.2.